The van der Waals surface area contributed by atoms with E-state index in [1.54, 1.807) is 40.0 Å². The number of anilines is 1. The van der Waals surface area contributed by atoms with E-state index in [2.05, 4.69) is 16.0 Å². The molecule has 0 heterocycles. The third kappa shape index (κ3) is 10.5. The van der Waals surface area contributed by atoms with Gasteiger partial charge in [0, 0.05) is 31.6 Å². The number of carbonyl (C=O) groups excluding carboxylic acids is 3. The van der Waals surface area contributed by atoms with Crippen LogP contribution in [0.25, 0.3) is 0 Å². The maximum Gasteiger partial charge on any atom is 0.407 e. The molecule has 0 aromatic heterocycles. The molecule has 0 aliphatic rings. The number of hydrogen-bond acceptors (Lipinski definition) is 5. The Kier molecular flexibility index (Phi) is 9.72. The molecule has 8 heteroatoms. The Morgan fingerprint density at radius 1 is 0.818 bits per heavy atom. The number of ether oxygens (including phenoxy) is 2. The maximum absolute atomic E-state index is 12.2. The van der Waals surface area contributed by atoms with Gasteiger partial charge in [-0.05, 0) is 62.6 Å². The van der Waals surface area contributed by atoms with Gasteiger partial charge in [-0.15, -0.1) is 0 Å². The molecule has 0 saturated carbocycles. The quantitative estimate of drug-likeness (QED) is 0.505. The fraction of sp³-hybridized carbons (Fsp3) is 0.400. The summed E-state index contributed by atoms with van der Waals surface area (Å²) in [6.07, 6.45) is 0.628. The maximum atomic E-state index is 12.2. The van der Waals surface area contributed by atoms with Crippen LogP contribution in [0.15, 0.2) is 48.5 Å². The zero-order valence-corrected chi connectivity index (χ0v) is 19.7. The Morgan fingerprint density at radius 2 is 1.45 bits per heavy atom. The van der Waals surface area contributed by atoms with E-state index >= 15 is 0 Å². The fourth-order valence-electron chi connectivity index (χ4n) is 2.86. The minimum atomic E-state index is -0.575. The molecule has 178 valence electrons. The first-order chi connectivity index (χ1) is 15.6. The number of carbonyl (C=O) groups is 3. The van der Waals surface area contributed by atoms with Gasteiger partial charge in [0.25, 0.3) is 0 Å². The van der Waals surface area contributed by atoms with Crippen LogP contribution < -0.4 is 20.7 Å². The first kappa shape index (κ1) is 25.7. The molecule has 0 radical (unpaired) electrons. The van der Waals surface area contributed by atoms with E-state index in [0.717, 1.165) is 16.9 Å². The summed E-state index contributed by atoms with van der Waals surface area (Å²) < 4.78 is 10.2. The van der Waals surface area contributed by atoms with Gasteiger partial charge in [0.1, 0.15) is 11.4 Å². The average Bonchev–Trinajstić information content (AvgIpc) is 2.76. The summed E-state index contributed by atoms with van der Waals surface area (Å²) in [6.45, 7) is 5.88. The number of rotatable bonds is 10. The number of alkyl carbamates (subject to hydrolysis) is 1. The van der Waals surface area contributed by atoms with Gasteiger partial charge >= 0.3 is 6.09 Å². The Hall–Kier alpha value is -3.55. The highest BCUT2D eigenvalue weighted by molar-refractivity contribution is 5.90. The largest absolute Gasteiger partial charge is 0.497 e. The number of benzene rings is 2. The molecule has 0 spiro atoms. The van der Waals surface area contributed by atoms with Crippen LogP contribution in [0.1, 0.15) is 44.7 Å². The van der Waals surface area contributed by atoms with Crippen molar-refractivity contribution in [2.75, 3.05) is 19.0 Å². The van der Waals surface area contributed by atoms with E-state index < -0.39 is 11.7 Å². The molecule has 0 saturated heterocycles. The van der Waals surface area contributed by atoms with E-state index in [1.165, 1.54) is 0 Å². The van der Waals surface area contributed by atoms with Crippen LogP contribution in [-0.2, 0) is 27.3 Å². The normalized spacial score (nSPS) is 10.8. The Balaban J connectivity index is 1.66. The minimum Gasteiger partial charge on any atom is -0.497 e. The monoisotopic (exact) mass is 455 g/mol. The zero-order chi connectivity index (χ0) is 24.3. The lowest BCUT2D eigenvalue weighted by Crippen LogP contribution is -2.35. The summed E-state index contributed by atoms with van der Waals surface area (Å²) in [5.74, 6) is 0.545. The Bertz CT molecular complexity index is 919. The number of nitrogens with one attached hydrogen (secondary N) is 3. The molecule has 0 unspecified atom stereocenters. The lowest BCUT2D eigenvalue weighted by molar-refractivity contribution is -0.121. The number of aryl methyl sites for hydroxylation is 1. The topological polar surface area (TPSA) is 106 Å². The standard InChI is InChI=1S/C25H33N3O5/c1-25(2,3)33-24(31)26-16-15-22(29)27-17-19-5-10-20(11-6-19)28-23(30)14-9-18-7-12-21(32-4)13-8-18/h5-8,10-13H,9,14-17H2,1-4H3,(H,26,31)(H,27,29)(H,28,30). The second-order valence-corrected chi connectivity index (χ2v) is 8.55. The van der Waals surface area contributed by atoms with Crippen LogP contribution in [0.2, 0.25) is 0 Å². The van der Waals surface area contributed by atoms with Gasteiger partial charge in [-0.25, -0.2) is 4.79 Å². The molecule has 3 N–H and O–H groups in total. The van der Waals surface area contributed by atoms with Crippen molar-refractivity contribution in [1.82, 2.24) is 10.6 Å². The average molecular weight is 456 g/mol. The molecule has 2 aromatic rings. The van der Waals surface area contributed by atoms with Gasteiger partial charge in [-0.1, -0.05) is 24.3 Å². The lowest BCUT2D eigenvalue weighted by Gasteiger charge is -2.19. The van der Waals surface area contributed by atoms with Crippen molar-refractivity contribution in [3.8, 4) is 5.75 Å². The molecule has 33 heavy (non-hydrogen) atoms. The van der Waals surface area contributed by atoms with Crippen molar-refractivity contribution in [1.29, 1.82) is 0 Å². The molecular weight excluding hydrogens is 422 g/mol. The van der Waals surface area contributed by atoms with E-state index in [1.807, 2.05) is 36.4 Å². The highest BCUT2D eigenvalue weighted by Crippen LogP contribution is 2.14. The van der Waals surface area contributed by atoms with E-state index in [9.17, 15) is 14.4 Å². The fourth-order valence-corrected chi connectivity index (χ4v) is 2.86. The number of hydrogen-bond donors (Lipinski definition) is 3. The highest BCUT2D eigenvalue weighted by atomic mass is 16.6. The Morgan fingerprint density at radius 3 is 2.06 bits per heavy atom. The molecule has 0 atom stereocenters. The Labute approximate surface area is 195 Å². The van der Waals surface area contributed by atoms with Crippen LogP contribution in [-0.4, -0.2) is 37.2 Å². The van der Waals surface area contributed by atoms with E-state index in [0.29, 0.717) is 25.1 Å². The molecule has 0 aliphatic heterocycles. The van der Waals surface area contributed by atoms with Gasteiger partial charge in [0.2, 0.25) is 11.8 Å². The smallest absolute Gasteiger partial charge is 0.407 e. The summed E-state index contributed by atoms with van der Waals surface area (Å²) in [6, 6.07) is 14.9. The van der Waals surface area contributed by atoms with Crippen molar-refractivity contribution in [3.63, 3.8) is 0 Å². The van der Waals surface area contributed by atoms with Crippen LogP contribution in [0.4, 0.5) is 10.5 Å². The molecule has 0 aliphatic carbocycles. The molecule has 3 amide bonds. The minimum absolute atomic E-state index is 0.0654. The van der Waals surface area contributed by atoms with Crippen molar-refractivity contribution in [2.24, 2.45) is 0 Å². The summed E-state index contributed by atoms with van der Waals surface area (Å²) in [5, 5.41) is 8.23. The summed E-state index contributed by atoms with van der Waals surface area (Å²) in [4.78, 5) is 35.7. The van der Waals surface area contributed by atoms with Gasteiger partial charge in [-0.2, -0.15) is 0 Å². The molecule has 0 fully saturated rings. The lowest BCUT2D eigenvalue weighted by atomic mass is 10.1. The summed E-state index contributed by atoms with van der Waals surface area (Å²) in [5.41, 5.74) is 2.10. The second-order valence-electron chi connectivity index (χ2n) is 8.55. The van der Waals surface area contributed by atoms with Crippen molar-refractivity contribution < 1.29 is 23.9 Å². The molecule has 2 rings (SSSR count). The van der Waals surface area contributed by atoms with Gasteiger partial charge in [-0.3, -0.25) is 9.59 Å². The molecule has 2 aromatic carbocycles. The zero-order valence-electron chi connectivity index (χ0n) is 19.7. The molecule has 8 nitrogen and oxygen atoms in total. The van der Waals surface area contributed by atoms with Gasteiger partial charge in [0.15, 0.2) is 0 Å². The second kappa shape index (κ2) is 12.5. The third-order valence-corrected chi connectivity index (χ3v) is 4.55. The number of amides is 3. The van der Waals surface area contributed by atoms with Crippen LogP contribution in [0.3, 0.4) is 0 Å². The van der Waals surface area contributed by atoms with Crippen molar-refractivity contribution >= 4 is 23.6 Å². The molecular formula is C25H33N3O5. The van der Waals surface area contributed by atoms with Crippen LogP contribution in [0, 0.1) is 0 Å². The van der Waals surface area contributed by atoms with E-state index in [-0.39, 0.29) is 24.8 Å². The third-order valence-electron chi connectivity index (χ3n) is 4.55. The summed E-state index contributed by atoms with van der Waals surface area (Å²) >= 11 is 0. The first-order valence-electron chi connectivity index (χ1n) is 10.9. The predicted octanol–water partition coefficient (Wildman–Crippen LogP) is 3.80. The first-order valence-corrected chi connectivity index (χ1v) is 10.9. The van der Waals surface area contributed by atoms with Gasteiger partial charge < -0.3 is 25.4 Å². The number of methoxy groups -OCH3 is 1. The van der Waals surface area contributed by atoms with Crippen LogP contribution >= 0.6 is 0 Å². The van der Waals surface area contributed by atoms with Crippen molar-refractivity contribution in [3.05, 3.63) is 59.7 Å². The molecule has 0 bridgehead atoms. The van der Waals surface area contributed by atoms with Crippen molar-refractivity contribution in [2.45, 2.75) is 52.2 Å². The summed E-state index contributed by atoms with van der Waals surface area (Å²) in [7, 11) is 1.62. The predicted molar refractivity (Wildman–Crippen MR) is 127 cm³/mol. The highest BCUT2D eigenvalue weighted by Gasteiger charge is 2.15. The van der Waals surface area contributed by atoms with Crippen LogP contribution in [0.5, 0.6) is 5.75 Å². The SMILES string of the molecule is COc1ccc(CCC(=O)Nc2ccc(CNC(=O)CCNC(=O)OC(C)(C)C)cc2)cc1. The van der Waals surface area contributed by atoms with E-state index in [4.69, 9.17) is 9.47 Å². The van der Waals surface area contributed by atoms with Gasteiger partial charge in [0.05, 0.1) is 7.11 Å².